The summed E-state index contributed by atoms with van der Waals surface area (Å²) in [5.41, 5.74) is 1.01. The smallest absolute Gasteiger partial charge is 0.261 e. The Morgan fingerprint density at radius 1 is 1.17 bits per heavy atom. The Bertz CT molecular complexity index is 1220. The van der Waals surface area contributed by atoms with E-state index < -0.39 is 17.5 Å². The van der Waals surface area contributed by atoms with Crippen molar-refractivity contribution in [2.24, 2.45) is 7.05 Å². The predicted octanol–water partition coefficient (Wildman–Crippen LogP) is 4.79. The predicted molar refractivity (Wildman–Crippen MR) is 107 cm³/mol. The molecule has 10 heteroatoms. The maximum Gasteiger partial charge on any atom is 0.261 e. The van der Waals surface area contributed by atoms with Crippen LogP contribution in [0.2, 0.25) is 5.02 Å². The Labute approximate surface area is 172 Å². The van der Waals surface area contributed by atoms with Gasteiger partial charge >= 0.3 is 0 Å². The maximum absolute atomic E-state index is 14.2. The molecule has 0 atom stereocenters. The third-order valence-electron chi connectivity index (χ3n) is 3.98. The molecule has 2 aromatic carbocycles. The zero-order chi connectivity index (χ0) is 20.5. The first-order valence-electron chi connectivity index (χ1n) is 8.30. The lowest BCUT2D eigenvalue weighted by molar-refractivity contribution is 0.102. The molecule has 0 spiro atoms. The van der Waals surface area contributed by atoms with Crippen molar-refractivity contribution >= 4 is 34.0 Å². The minimum atomic E-state index is -0.808. The molecule has 1 amide bonds. The monoisotopic (exact) mass is 431 g/mol. The molecule has 0 aliphatic heterocycles. The average molecular weight is 432 g/mol. The zero-order valence-electron chi connectivity index (χ0n) is 14.9. The molecule has 2 aromatic heterocycles. The molecule has 1 N–H and O–H groups in total. The SMILES string of the molecule is Cn1cc(C(=O)Nc2nnc(-c3cccc(Cl)c3)s2)c(-c2ccc(F)cc2F)n1. The topological polar surface area (TPSA) is 72.7 Å². The van der Waals surface area contributed by atoms with E-state index in [0.717, 1.165) is 17.7 Å². The molecular weight excluding hydrogens is 420 g/mol. The molecule has 6 nitrogen and oxygen atoms in total. The van der Waals surface area contributed by atoms with Gasteiger partial charge in [-0.15, -0.1) is 10.2 Å². The van der Waals surface area contributed by atoms with Gasteiger partial charge in [0.1, 0.15) is 22.3 Å². The van der Waals surface area contributed by atoms with Crippen LogP contribution in [0.5, 0.6) is 0 Å². The van der Waals surface area contributed by atoms with Crippen LogP contribution < -0.4 is 5.32 Å². The summed E-state index contributed by atoms with van der Waals surface area (Å²) in [5.74, 6) is -2.06. The highest BCUT2D eigenvalue weighted by molar-refractivity contribution is 7.18. The van der Waals surface area contributed by atoms with Crippen molar-refractivity contribution < 1.29 is 13.6 Å². The summed E-state index contributed by atoms with van der Waals surface area (Å²) in [6.07, 6.45) is 1.45. The standard InChI is InChI=1S/C19H12ClF2N5OS/c1-27-9-14(16(26-27)13-6-5-12(21)8-15(13)22)17(28)23-19-25-24-18(29-19)10-3-2-4-11(20)7-10/h2-9H,1H3,(H,23,25,28). The van der Waals surface area contributed by atoms with E-state index in [9.17, 15) is 13.6 Å². The summed E-state index contributed by atoms with van der Waals surface area (Å²) in [6, 6.07) is 10.2. The van der Waals surface area contributed by atoms with Crippen molar-refractivity contribution in [2.45, 2.75) is 0 Å². The van der Waals surface area contributed by atoms with Crippen LogP contribution in [-0.4, -0.2) is 25.9 Å². The van der Waals surface area contributed by atoms with Crippen LogP contribution in [0.4, 0.5) is 13.9 Å². The molecule has 0 saturated carbocycles. The van der Waals surface area contributed by atoms with Crippen LogP contribution in [0, 0.1) is 11.6 Å². The first-order valence-corrected chi connectivity index (χ1v) is 9.50. The van der Waals surface area contributed by atoms with Gasteiger partial charge in [-0.05, 0) is 24.3 Å². The van der Waals surface area contributed by atoms with Crippen molar-refractivity contribution in [3.63, 3.8) is 0 Å². The Hall–Kier alpha value is -3.17. The number of carbonyl (C=O) groups excluding carboxylic acids is 1. The molecular formula is C19H12ClF2N5OS. The summed E-state index contributed by atoms with van der Waals surface area (Å²) >= 11 is 7.16. The van der Waals surface area contributed by atoms with Crippen LogP contribution in [0.1, 0.15) is 10.4 Å². The van der Waals surface area contributed by atoms with Crippen LogP contribution in [0.3, 0.4) is 0 Å². The van der Waals surface area contributed by atoms with E-state index in [2.05, 4.69) is 20.6 Å². The van der Waals surface area contributed by atoms with E-state index in [4.69, 9.17) is 11.6 Å². The second-order valence-electron chi connectivity index (χ2n) is 6.07. The number of aryl methyl sites for hydroxylation is 1. The van der Waals surface area contributed by atoms with Gasteiger partial charge in [-0.3, -0.25) is 14.8 Å². The molecule has 0 fully saturated rings. The van der Waals surface area contributed by atoms with Gasteiger partial charge in [0.2, 0.25) is 5.13 Å². The van der Waals surface area contributed by atoms with Gasteiger partial charge in [-0.2, -0.15) is 5.10 Å². The lowest BCUT2D eigenvalue weighted by Crippen LogP contribution is -2.12. The molecule has 4 aromatic rings. The number of anilines is 1. The molecule has 2 heterocycles. The number of nitrogens with zero attached hydrogens (tertiary/aromatic N) is 4. The summed E-state index contributed by atoms with van der Waals surface area (Å²) < 4.78 is 28.8. The van der Waals surface area contributed by atoms with Gasteiger partial charge in [-0.1, -0.05) is 35.1 Å². The summed E-state index contributed by atoms with van der Waals surface area (Å²) in [5, 5.41) is 16.2. The number of rotatable bonds is 4. The molecule has 0 radical (unpaired) electrons. The van der Waals surface area contributed by atoms with Crippen LogP contribution >= 0.6 is 22.9 Å². The number of hydrogen-bond donors (Lipinski definition) is 1. The number of amides is 1. The van der Waals surface area contributed by atoms with Gasteiger partial charge < -0.3 is 0 Å². The van der Waals surface area contributed by atoms with E-state index in [1.807, 2.05) is 6.07 Å². The highest BCUT2D eigenvalue weighted by atomic mass is 35.5. The van der Waals surface area contributed by atoms with Crippen molar-refractivity contribution in [3.8, 4) is 21.8 Å². The molecule has 0 bridgehead atoms. The van der Waals surface area contributed by atoms with Crippen molar-refractivity contribution in [3.05, 3.63) is 70.9 Å². The van der Waals surface area contributed by atoms with E-state index in [1.54, 1.807) is 25.2 Å². The molecule has 29 heavy (non-hydrogen) atoms. The second kappa shape index (κ2) is 7.69. The van der Waals surface area contributed by atoms with E-state index in [1.165, 1.54) is 28.3 Å². The fourth-order valence-electron chi connectivity index (χ4n) is 2.71. The highest BCUT2D eigenvalue weighted by Crippen LogP contribution is 2.30. The fraction of sp³-hybridized carbons (Fsp3) is 0.0526. The Morgan fingerprint density at radius 2 is 2.00 bits per heavy atom. The largest absolute Gasteiger partial charge is 0.296 e. The van der Waals surface area contributed by atoms with E-state index in [-0.39, 0.29) is 22.0 Å². The van der Waals surface area contributed by atoms with Gasteiger partial charge in [-0.25, -0.2) is 8.78 Å². The number of hydrogen-bond acceptors (Lipinski definition) is 5. The number of carbonyl (C=O) groups is 1. The summed E-state index contributed by atoms with van der Waals surface area (Å²) in [6.45, 7) is 0. The third kappa shape index (κ3) is 4.01. The number of halogens is 3. The van der Waals surface area contributed by atoms with Gasteiger partial charge in [0.15, 0.2) is 0 Å². The van der Waals surface area contributed by atoms with Crippen molar-refractivity contribution in [1.82, 2.24) is 20.0 Å². The summed E-state index contributed by atoms with van der Waals surface area (Å²) in [7, 11) is 1.60. The Morgan fingerprint density at radius 3 is 2.76 bits per heavy atom. The normalized spacial score (nSPS) is 10.9. The number of benzene rings is 2. The zero-order valence-corrected chi connectivity index (χ0v) is 16.4. The minimum Gasteiger partial charge on any atom is -0.296 e. The molecule has 0 saturated heterocycles. The lowest BCUT2D eigenvalue weighted by Gasteiger charge is -2.04. The van der Waals surface area contributed by atoms with E-state index in [0.29, 0.717) is 10.0 Å². The summed E-state index contributed by atoms with van der Waals surface area (Å²) in [4.78, 5) is 12.8. The third-order valence-corrected chi connectivity index (χ3v) is 5.10. The minimum absolute atomic E-state index is 0.0223. The molecule has 4 rings (SSSR count). The van der Waals surface area contributed by atoms with Crippen LogP contribution in [0.15, 0.2) is 48.7 Å². The average Bonchev–Trinajstić information content (AvgIpc) is 3.28. The first kappa shape index (κ1) is 19.2. The molecule has 0 unspecified atom stereocenters. The highest BCUT2D eigenvalue weighted by Gasteiger charge is 2.21. The molecule has 0 aliphatic carbocycles. The van der Waals surface area contributed by atoms with Gasteiger partial charge in [0.05, 0.1) is 5.56 Å². The lowest BCUT2D eigenvalue weighted by atomic mass is 10.1. The molecule has 146 valence electrons. The quantitative estimate of drug-likeness (QED) is 0.504. The maximum atomic E-state index is 14.2. The van der Waals surface area contributed by atoms with Gasteiger partial charge in [0, 0.05) is 35.5 Å². The van der Waals surface area contributed by atoms with Crippen LogP contribution in [0.25, 0.3) is 21.8 Å². The fourth-order valence-corrected chi connectivity index (χ4v) is 3.64. The van der Waals surface area contributed by atoms with E-state index >= 15 is 0 Å². The second-order valence-corrected chi connectivity index (χ2v) is 7.48. The Kier molecular flexibility index (Phi) is 5.08. The van der Waals surface area contributed by atoms with Crippen molar-refractivity contribution in [2.75, 3.05) is 5.32 Å². The molecule has 0 aliphatic rings. The number of aromatic nitrogens is 4. The van der Waals surface area contributed by atoms with Crippen LogP contribution in [-0.2, 0) is 7.05 Å². The van der Waals surface area contributed by atoms with Crippen molar-refractivity contribution in [1.29, 1.82) is 0 Å². The Balaban J connectivity index is 1.62. The first-order chi connectivity index (χ1) is 13.9. The van der Waals surface area contributed by atoms with Gasteiger partial charge in [0.25, 0.3) is 5.91 Å². The number of nitrogens with one attached hydrogen (secondary N) is 1.